The summed E-state index contributed by atoms with van der Waals surface area (Å²) in [5.41, 5.74) is 5.47. The molecule has 0 spiro atoms. The van der Waals surface area contributed by atoms with E-state index in [0.717, 1.165) is 31.5 Å². The van der Waals surface area contributed by atoms with Gasteiger partial charge in [0.25, 0.3) is 0 Å². The van der Waals surface area contributed by atoms with Gasteiger partial charge in [-0.3, -0.25) is 0 Å². The van der Waals surface area contributed by atoms with Crippen LogP contribution in [0.5, 0.6) is 0 Å². The van der Waals surface area contributed by atoms with Crippen molar-refractivity contribution in [1.29, 1.82) is 0 Å². The Morgan fingerprint density at radius 2 is 1.74 bits per heavy atom. The molecule has 1 saturated heterocycles. The molecular formula is C17H27NO. The smallest absolute Gasteiger partial charge is 0.0913 e. The molecule has 0 bridgehead atoms. The van der Waals surface area contributed by atoms with Gasteiger partial charge in [-0.2, -0.15) is 0 Å². The van der Waals surface area contributed by atoms with Gasteiger partial charge in [0.15, 0.2) is 0 Å². The van der Waals surface area contributed by atoms with E-state index in [2.05, 4.69) is 39.1 Å². The minimum absolute atomic E-state index is 0.305. The Kier molecular flexibility index (Phi) is 4.03. The molecule has 0 amide bonds. The Labute approximate surface area is 117 Å². The predicted molar refractivity (Wildman–Crippen MR) is 80.6 cm³/mol. The Morgan fingerprint density at radius 1 is 1.16 bits per heavy atom. The third-order valence-corrected chi connectivity index (χ3v) is 4.96. The molecule has 1 aliphatic heterocycles. The van der Waals surface area contributed by atoms with Crippen LogP contribution in [0, 0.1) is 33.6 Å². The average Bonchev–Trinajstić information content (AvgIpc) is 2.37. The number of aryl methyl sites for hydroxylation is 2. The number of benzene rings is 1. The van der Waals surface area contributed by atoms with E-state index in [1.54, 1.807) is 0 Å². The van der Waals surface area contributed by atoms with Crippen LogP contribution in [0.1, 0.15) is 47.6 Å². The van der Waals surface area contributed by atoms with Crippen molar-refractivity contribution in [1.82, 2.24) is 5.32 Å². The molecule has 2 unspecified atom stereocenters. The average molecular weight is 261 g/mol. The number of piperidine rings is 1. The SMILES string of the molecule is Cc1cc(C)c(C)c(C(C)(O)C2CCCNC2)c1C. The first-order valence-electron chi connectivity index (χ1n) is 7.36. The fraction of sp³-hybridized carbons (Fsp3) is 0.647. The minimum atomic E-state index is -0.738. The summed E-state index contributed by atoms with van der Waals surface area (Å²) in [6.45, 7) is 12.6. The summed E-state index contributed by atoms with van der Waals surface area (Å²) < 4.78 is 0. The van der Waals surface area contributed by atoms with Gasteiger partial charge in [0.05, 0.1) is 5.60 Å². The normalized spacial score (nSPS) is 23.2. The summed E-state index contributed by atoms with van der Waals surface area (Å²) in [4.78, 5) is 0. The molecule has 1 heterocycles. The van der Waals surface area contributed by atoms with E-state index in [1.165, 1.54) is 22.3 Å². The maximum absolute atomic E-state index is 11.2. The maximum atomic E-state index is 11.2. The molecule has 1 aromatic rings. The van der Waals surface area contributed by atoms with E-state index < -0.39 is 5.60 Å². The van der Waals surface area contributed by atoms with E-state index in [9.17, 15) is 5.11 Å². The van der Waals surface area contributed by atoms with Gasteiger partial charge in [-0.15, -0.1) is 0 Å². The highest BCUT2D eigenvalue weighted by Gasteiger charge is 2.37. The maximum Gasteiger partial charge on any atom is 0.0913 e. The summed E-state index contributed by atoms with van der Waals surface area (Å²) in [7, 11) is 0. The first kappa shape index (κ1) is 14.5. The molecule has 0 aliphatic carbocycles. The van der Waals surface area contributed by atoms with Crippen molar-refractivity contribution in [2.45, 2.75) is 53.1 Å². The topological polar surface area (TPSA) is 32.3 Å². The van der Waals surface area contributed by atoms with Crippen molar-refractivity contribution in [3.05, 3.63) is 33.9 Å². The Hall–Kier alpha value is -0.860. The van der Waals surface area contributed by atoms with Gasteiger partial charge < -0.3 is 10.4 Å². The van der Waals surface area contributed by atoms with Crippen molar-refractivity contribution in [3.8, 4) is 0 Å². The third kappa shape index (κ3) is 2.56. The van der Waals surface area contributed by atoms with Crippen LogP contribution in [0.25, 0.3) is 0 Å². The van der Waals surface area contributed by atoms with E-state index in [1.807, 2.05) is 6.92 Å². The first-order chi connectivity index (χ1) is 8.85. The van der Waals surface area contributed by atoms with E-state index >= 15 is 0 Å². The lowest BCUT2D eigenvalue weighted by Crippen LogP contribution is -2.43. The van der Waals surface area contributed by atoms with Gasteiger partial charge in [0, 0.05) is 12.5 Å². The lowest BCUT2D eigenvalue weighted by atomic mass is 9.74. The van der Waals surface area contributed by atoms with Gasteiger partial charge in [0.2, 0.25) is 0 Å². The third-order valence-electron chi connectivity index (χ3n) is 4.96. The van der Waals surface area contributed by atoms with Crippen molar-refractivity contribution in [3.63, 3.8) is 0 Å². The first-order valence-corrected chi connectivity index (χ1v) is 7.36. The van der Waals surface area contributed by atoms with Crippen LogP contribution in [0.2, 0.25) is 0 Å². The fourth-order valence-corrected chi connectivity index (χ4v) is 3.51. The van der Waals surface area contributed by atoms with Gasteiger partial charge in [-0.1, -0.05) is 6.07 Å². The second-order valence-electron chi connectivity index (χ2n) is 6.33. The summed E-state index contributed by atoms with van der Waals surface area (Å²) in [5, 5.41) is 14.6. The molecule has 106 valence electrons. The van der Waals surface area contributed by atoms with Crippen LogP contribution < -0.4 is 5.32 Å². The van der Waals surface area contributed by atoms with Gasteiger partial charge in [0.1, 0.15) is 0 Å². The second kappa shape index (κ2) is 5.26. The number of rotatable bonds is 2. The van der Waals surface area contributed by atoms with Crippen LogP contribution in [-0.4, -0.2) is 18.2 Å². The molecule has 0 radical (unpaired) electrons. The van der Waals surface area contributed by atoms with Gasteiger partial charge in [-0.25, -0.2) is 0 Å². The van der Waals surface area contributed by atoms with Crippen LogP contribution in [0.15, 0.2) is 6.07 Å². The largest absolute Gasteiger partial charge is 0.385 e. The Morgan fingerprint density at radius 3 is 2.21 bits per heavy atom. The molecule has 1 aromatic carbocycles. The van der Waals surface area contributed by atoms with Gasteiger partial charge >= 0.3 is 0 Å². The highest BCUT2D eigenvalue weighted by atomic mass is 16.3. The lowest BCUT2D eigenvalue weighted by molar-refractivity contribution is -0.0167. The predicted octanol–water partition coefficient (Wildman–Crippen LogP) is 3.13. The number of aliphatic hydroxyl groups is 1. The molecule has 1 fully saturated rings. The van der Waals surface area contributed by atoms with Crippen LogP contribution in [0.3, 0.4) is 0 Å². The number of hydrogen-bond acceptors (Lipinski definition) is 2. The van der Waals surface area contributed by atoms with Crippen molar-refractivity contribution in [2.24, 2.45) is 5.92 Å². The molecule has 2 atom stereocenters. The van der Waals surface area contributed by atoms with Crippen molar-refractivity contribution in [2.75, 3.05) is 13.1 Å². The molecule has 2 rings (SSSR count). The quantitative estimate of drug-likeness (QED) is 0.857. The number of hydrogen-bond donors (Lipinski definition) is 2. The van der Waals surface area contributed by atoms with E-state index in [0.29, 0.717) is 5.92 Å². The van der Waals surface area contributed by atoms with Crippen LogP contribution >= 0.6 is 0 Å². The second-order valence-corrected chi connectivity index (χ2v) is 6.33. The molecule has 2 nitrogen and oxygen atoms in total. The Balaban J connectivity index is 2.50. The van der Waals surface area contributed by atoms with Crippen molar-refractivity contribution < 1.29 is 5.11 Å². The van der Waals surface area contributed by atoms with E-state index in [4.69, 9.17) is 0 Å². The number of nitrogens with one attached hydrogen (secondary N) is 1. The molecular weight excluding hydrogens is 234 g/mol. The monoisotopic (exact) mass is 261 g/mol. The van der Waals surface area contributed by atoms with Crippen LogP contribution in [-0.2, 0) is 5.60 Å². The summed E-state index contributed by atoms with van der Waals surface area (Å²) in [5.74, 6) is 0.305. The fourth-order valence-electron chi connectivity index (χ4n) is 3.51. The molecule has 2 N–H and O–H groups in total. The van der Waals surface area contributed by atoms with Crippen LogP contribution in [0.4, 0.5) is 0 Å². The van der Waals surface area contributed by atoms with Crippen molar-refractivity contribution >= 4 is 0 Å². The zero-order chi connectivity index (χ0) is 14.2. The highest BCUT2D eigenvalue weighted by molar-refractivity contribution is 5.47. The molecule has 2 heteroatoms. The minimum Gasteiger partial charge on any atom is -0.385 e. The lowest BCUT2D eigenvalue weighted by Gasteiger charge is -2.39. The Bertz CT molecular complexity index is 444. The zero-order valence-corrected chi connectivity index (χ0v) is 12.9. The van der Waals surface area contributed by atoms with E-state index in [-0.39, 0.29) is 0 Å². The van der Waals surface area contributed by atoms with Gasteiger partial charge in [-0.05, 0) is 81.8 Å². The standard InChI is InChI=1S/C17H27NO/c1-11-9-12(2)14(4)16(13(11)3)17(5,19)15-7-6-8-18-10-15/h9,15,18-19H,6-8,10H2,1-5H3. The summed E-state index contributed by atoms with van der Waals surface area (Å²) in [6, 6.07) is 2.23. The highest BCUT2D eigenvalue weighted by Crippen LogP contribution is 2.38. The summed E-state index contributed by atoms with van der Waals surface area (Å²) >= 11 is 0. The molecule has 0 saturated carbocycles. The molecule has 1 aliphatic rings. The molecule has 19 heavy (non-hydrogen) atoms. The molecule has 0 aromatic heterocycles. The zero-order valence-electron chi connectivity index (χ0n) is 12.9. The summed E-state index contributed by atoms with van der Waals surface area (Å²) in [6.07, 6.45) is 2.26.